The number of carbonyl (C=O) groups is 2. The number of aromatic nitrogens is 3. The highest BCUT2D eigenvalue weighted by Gasteiger charge is 2.29. The number of halogens is 2. The summed E-state index contributed by atoms with van der Waals surface area (Å²) in [6, 6.07) is 4.23. The molecule has 4 rings (SSSR count). The van der Waals surface area contributed by atoms with E-state index in [2.05, 4.69) is 15.4 Å². The maximum Gasteiger partial charge on any atom is 0.275 e. The molecule has 0 atom stereocenters. The summed E-state index contributed by atoms with van der Waals surface area (Å²) in [4.78, 5) is 31.6. The molecule has 1 aliphatic rings. The van der Waals surface area contributed by atoms with Crippen molar-refractivity contribution in [1.29, 1.82) is 0 Å². The Kier molecular flexibility index (Phi) is 6.30. The van der Waals surface area contributed by atoms with Crippen LogP contribution in [0.2, 0.25) is 5.02 Å². The first kappa shape index (κ1) is 22.4. The van der Waals surface area contributed by atoms with Crippen molar-refractivity contribution in [2.24, 2.45) is 7.05 Å². The molecular formula is C22H23ClFN5O2S. The van der Waals surface area contributed by atoms with E-state index in [9.17, 15) is 14.0 Å². The highest BCUT2D eigenvalue weighted by atomic mass is 35.5. The van der Waals surface area contributed by atoms with Crippen LogP contribution in [0.1, 0.15) is 56.0 Å². The number of likely N-dealkylation sites (tertiary alicyclic amines) is 1. The fourth-order valence-corrected chi connectivity index (χ4v) is 5.12. The molecule has 0 aliphatic carbocycles. The molecular weight excluding hydrogens is 453 g/mol. The standard InChI is InChI=1S/C22H23ClFN5O2S/c1-12-19(13(2)28(3)27-12)26-20(30)17-11-32-21(25-17)14-7-9-29(10-8-14)22(31)18-15(23)5-4-6-16(18)24/h4-6,11,14H,7-10H2,1-3H3,(H,26,30). The molecule has 32 heavy (non-hydrogen) atoms. The second-order valence-corrected chi connectivity index (χ2v) is 9.15. The monoisotopic (exact) mass is 475 g/mol. The number of anilines is 1. The summed E-state index contributed by atoms with van der Waals surface area (Å²) >= 11 is 7.48. The molecule has 1 fully saturated rings. The Morgan fingerprint density at radius 2 is 1.97 bits per heavy atom. The van der Waals surface area contributed by atoms with Gasteiger partial charge in [0.25, 0.3) is 11.8 Å². The fourth-order valence-electron chi connectivity index (χ4n) is 3.90. The first-order valence-corrected chi connectivity index (χ1v) is 11.5. The quantitative estimate of drug-likeness (QED) is 0.600. The summed E-state index contributed by atoms with van der Waals surface area (Å²) < 4.78 is 15.8. The smallest absolute Gasteiger partial charge is 0.275 e. The van der Waals surface area contributed by atoms with E-state index >= 15 is 0 Å². The number of aryl methyl sites for hydroxylation is 2. The highest BCUT2D eigenvalue weighted by molar-refractivity contribution is 7.10. The van der Waals surface area contributed by atoms with E-state index in [-0.39, 0.29) is 22.4 Å². The lowest BCUT2D eigenvalue weighted by molar-refractivity contribution is 0.0708. The number of rotatable bonds is 4. The van der Waals surface area contributed by atoms with E-state index in [0.717, 1.165) is 16.4 Å². The summed E-state index contributed by atoms with van der Waals surface area (Å²) in [5.41, 5.74) is 2.61. The topological polar surface area (TPSA) is 80.1 Å². The molecule has 1 aromatic carbocycles. The fraction of sp³-hybridized carbons (Fsp3) is 0.364. The van der Waals surface area contributed by atoms with Gasteiger partial charge in [-0.3, -0.25) is 14.3 Å². The van der Waals surface area contributed by atoms with Crippen molar-refractivity contribution < 1.29 is 14.0 Å². The Morgan fingerprint density at radius 1 is 1.25 bits per heavy atom. The van der Waals surface area contributed by atoms with Crippen LogP contribution in [-0.2, 0) is 7.05 Å². The van der Waals surface area contributed by atoms with Gasteiger partial charge in [-0.1, -0.05) is 17.7 Å². The maximum atomic E-state index is 14.1. The average Bonchev–Trinajstić information content (AvgIpc) is 3.35. The van der Waals surface area contributed by atoms with Crippen LogP contribution in [0.5, 0.6) is 0 Å². The molecule has 2 amide bonds. The number of nitrogens with zero attached hydrogens (tertiary/aromatic N) is 4. The molecule has 0 radical (unpaired) electrons. The Hall–Kier alpha value is -2.78. The molecule has 0 saturated carbocycles. The zero-order chi connectivity index (χ0) is 23.0. The summed E-state index contributed by atoms with van der Waals surface area (Å²) in [7, 11) is 1.83. The maximum absolute atomic E-state index is 14.1. The number of nitrogens with one attached hydrogen (secondary N) is 1. The molecule has 0 spiro atoms. The molecule has 168 valence electrons. The lowest BCUT2D eigenvalue weighted by atomic mass is 9.97. The van der Waals surface area contributed by atoms with E-state index in [0.29, 0.717) is 37.3 Å². The van der Waals surface area contributed by atoms with E-state index < -0.39 is 11.7 Å². The molecule has 1 aliphatic heterocycles. The van der Waals surface area contributed by atoms with Crippen molar-refractivity contribution in [3.8, 4) is 0 Å². The number of hydrogen-bond acceptors (Lipinski definition) is 5. The molecule has 2 aromatic heterocycles. The summed E-state index contributed by atoms with van der Waals surface area (Å²) in [5.74, 6) is -1.13. The van der Waals surface area contributed by atoms with Crippen LogP contribution in [0, 0.1) is 19.7 Å². The second-order valence-electron chi connectivity index (χ2n) is 7.86. The number of piperidine rings is 1. The van der Waals surface area contributed by atoms with Crippen molar-refractivity contribution in [2.75, 3.05) is 18.4 Å². The Labute approximate surface area is 194 Å². The highest BCUT2D eigenvalue weighted by Crippen LogP contribution is 2.32. The van der Waals surface area contributed by atoms with E-state index in [1.54, 1.807) is 15.0 Å². The third-order valence-electron chi connectivity index (χ3n) is 5.81. The van der Waals surface area contributed by atoms with Gasteiger partial charge >= 0.3 is 0 Å². The predicted molar refractivity (Wildman–Crippen MR) is 122 cm³/mol. The van der Waals surface area contributed by atoms with E-state index in [1.165, 1.54) is 29.5 Å². The van der Waals surface area contributed by atoms with Crippen LogP contribution in [0.3, 0.4) is 0 Å². The van der Waals surface area contributed by atoms with E-state index in [1.807, 2.05) is 20.9 Å². The zero-order valence-corrected chi connectivity index (χ0v) is 19.6. The van der Waals surface area contributed by atoms with Crippen molar-refractivity contribution in [3.05, 3.63) is 62.1 Å². The lowest BCUT2D eigenvalue weighted by Crippen LogP contribution is -2.38. The molecule has 0 unspecified atom stereocenters. The third-order valence-corrected chi connectivity index (χ3v) is 7.13. The van der Waals surface area contributed by atoms with Gasteiger partial charge in [0.05, 0.1) is 32.7 Å². The summed E-state index contributed by atoms with van der Waals surface area (Å²) in [6.45, 7) is 4.69. The average molecular weight is 476 g/mol. The number of benzene rings is 1. The van der Waals surface area contributed by atoms with Gasteiger partial charge in [0.2, 0.25) is 0 Å². The van der Waals surface area contributed by atoms with Gasteiger partial charge in [0.15, 0.2) is 0 Å². The number of carbonyl (C=O) groups excluding carboxylic acids is 2. The molecule has 3 aromatic rings. The van der Waals surface area contributed by atoms with Gasteiger partial charge < -0.3 is 10.2 Å². The number of amides is 2. The minimum absolute atomic E-state index is 0.0817. The van der Waals surface area contributed by atoms with Crippen molar-refractivity contribution >= 4 is 40.4 Å². The van der Waals surface area contributed by atoms with Gasteiger partial charge in [-0.05, 0) is 38.8 Å². The van der Waals surface area contributed by atoms with Crippen molar-refractivity contribution in [1.82, 2.24) is 19.7 Å². The van der Waals surface area contributed by atoms with Gasteiger partial charge in [-0.25, -0.2) is 9.37 Å². The lowest BCUT2D eigenvalue weighted by Gasteiger charge is -2.31. The molecule has 1 saturated heterocycles. The Morgan fingerprint density at radius 3 is 2.59 bits per heavy atom. The Balaban J connectivity index is 1.40. The molecule has 7 nitrogen and oxygen atoms in total. The number of thiazole rings is 1. The summed E-state index contributed by atoms with van der Waals surface area (Å²) in [6.07, 6.45) is 1.38. The minimum atomic E-state index is -0.612. The first-order valence-electron chi connectivity index (χ1n) is 10.3. The summed E-state index contributed by atoms with van der Waals surface area (Å²) in [5, 5.41) is 9.95. The normalized spacial score (nSPS) is 14.6. The van der Waals surface area contributed by atoms with Gasteiger partial charge in [0, 0.05) is 31.4 Å². The molecule has 0 bridgehead atoms. The van der Waals surface area contributed by atoms with Crippen molar-refractivity contribution in [2.45, 2.75) is 32.6 Å². The molecule has 1 N–H and O–H groups in total. The van der Waals surface area contributed by atoms with Crippen LogP contribution < -0.4 is 5.32 Å². The second kappa shape index (κ2) is 8.99. The predicted octanol–water partition coefficient (Wildman–Crippen LogP) is 4.56. The van der Waals surface area contributed by atoms with Crippen LogP contribution in [-0.4, -0.2) is 44.6 Å². The SMILES string of the molecule is Cc1nn(C)c(C)c1NC(=O)c1csc(C2CCN(C(=O)c3c(F)cccc3Cl)CC2)n1. The number of hydrogen-bond donors (Lipinski definition) is 1. The largest absolute Gasteiger partial charge is 0.338 e. The van der Waals surface area contributed by atoms with Gasteiger partial charge in [0.1, 0.15) is 11.5 Å². The third kappa shape index (κ3) is 4.27. The minimum Gasteiger partial charge on any atom is -0.338 e. The van der Waals surface area contributed by atoms with Crippen LogP contribution >= 0.6 is 22.9 Å². The zero-order valence-electron chi connectivity index (χ0n) is 18.0. The Bertz CT molecular complexity index is 1160. The van der Waals surface area contributed by atoms with Crippen LogP contribution in [0.4, 0.5) is 10.1 Å². The van der Waals surface area contributed by atoms with Crippen molar-refractivity contribution in [3.63, 3.8) is 0 Å². The van der Waals surface area contributed by atoms with Gasteiger partial charge in [-0.2, -0.15) is 5.10 Å². The van der Waals surface area contributed by atoms with E-state index in [4.69, 9.17) is 11.6 Å². The van der Waals surface area contributed by atoms with Crippen LogP contribution in [0.25, 0.3) is 0 Å². The molecule has 3 heterocycles. The first-order chi connectivity index (χ1) is 15.3. The molecule has 10 heteroatoms. The van der Waals surface area contributed by atoms with Gasteiger partial charge in [-0.15, -0.1) is 11.3 Å². The van der Waals surface area contributed by atoms with Crippen LogP contribution in [0.15, 0.2) is 23.6 Å².